The number of hydrogen-bond acceptors (Lipinski definition) is 12. The maximum atomic E-state index is 13.1. The SMILES string of the molecule is CC(=NNC(=O)c1nnn(-c2nonc2N)c1CN1CCCCC1)c1cccc(-n2ncnn2)c1. The van der Waals surface area contributed by atoms with Gasteiger partial charge in [0.25, 0.3) is 5.91 Å². The molecule has 4 heterocycles. The molecule has 1 aliphatic heterocycles. The van der Waals surface area contributed by atoms with E-state index in [1.807, 2.05) is 24.3 Å². The minimum absolute atomic E-state index is 0.0531. The molecule has 0 saturated carbocycles. The average Bonchev–Trinajstić information content (AvgIpc) is 3.65. The molecule has 15 heteroatoms. The van der Waals surface area contributed by atoms with Gasteiger partial charge in [0.2, 0.25) is 11.6 Å². The fourth-order valence-corrected chi connectivity index (χ4v) is 3.85. The Hall–Kier alpha value is -4.53. The molecule has 5 rings (SSSR count). The largest absolute Gasteiger partial charge is 0.378 e. The number of tetrazole rings is 1. The Morgan fingerprint density at radius 1 is 1.20 bits per heavy atom. The standard InChI is InChI=1S/C20H23N13O2/c1-13(14-6-5-7-15(10-14)33-23-12-22-29-33)24-26-20(34)17-16(11-31-8-3-2-4-9-31)32(30-25-17)19-18(21)27-35-28-19/h5-7,10,12H,2-4,8-9,11H2,1H3,(H2,21,27)(H,26,34). The number of benzene rings is 1. The van der Waals surface area contributed by atoms with E-state index in [1.165, 1.54) is 22.2 Å². The zero-order valence-corrected chi connectivity index (χ0v) is 18.9. The first kappa shape index (κ1) is 22.3. The van der Waals surface area contributed by atoms with Crippen molar-refractivity contribution in [1.29, 1.82) is 0 Å². The number of aromatic nitrogens is 9. The summed E-state index contributed by atoms with van der Waals surface area (Å²) in [4.78, 5) is 16.7. The maximum absolute atomic E-state index is 13.1. The number of likely N-dealkylation sites (tertiary alicyclic amines) is 1. The third kappa shape index (κ3) is 4.74. The molecule has 3 N–H and O–H groups in total. The first-order chi connectivity index (χ1) is 17.1. The van der Waals surface area contributed by atoms with Gasteiger partial charge in [-0.1, -0.05) is 23.8 Å². The van der Waals surface area contributed by atoms with Crippen molar-refractivity contribution in [3.63, 3.8) is 0 Å². The molecule has 1 saturated heterocycles. The minimum atomic E-state index is -0.508. The highest BCUT2D eigenvalue weighted by molar-refractivity contribution is 6.01. The van der Waals surface area contributed by atoms with Gasteiger partial charge in [-0.25, -0.2) is 10.1 Å². The van der Waals surface area contributed by atoms with Crippen LogP contribution >= 0.6 is 0 Å². The average molecular weight is 477 g/mol. The Labute approximate surface area is 198 Å². The summed E-state index contributed by atoms with van der Waals surface area (Å²) < 4.78 is 6.10. The zero-order valence-electron chi connectivity index (χ0n) is 18.9. The molecule has 1 amide bonds. The Morgan fingerprint density at radius 3 is 2.80 bits per heavy atom. The fourth-order valence-electron chi connectivity index (χ4n) is 3.85. The monoisotopic (exact) mass is 477 g/mol. The smallest absolute Gasteiger partial charge is 0.293 e. The van der Waals surface area contributed by atoms with Crippen LogP contribution in [0.4, 0.5) is 5.82 Å². The molecule has 0 aliphatic carbocycles. The molecule has 0 unspecified atom stereocenters. The van der Waals surface area contributed by atoms with E-state index in [-0.39, 0.29) is 17.3 Å². The van der Waals surface area contributed by atoms with Gasteiger partial charge in [0, 0.05) is 6.54 Å². The molecular weight excluding hydrogens is 454 g/mol. The van der Waals surface area contributed by atoms with Crippen LogP contribution in [0.25, 0.3) is 11.5 Å². The van der Waals surface area contributed by atoms with Crippen LogP contribution in [0.5, 0.6) is 0 Å². The summed E-state index contributed by atoms with van der Waals surface area (Å²) in [6.45, 7) is 4.04. The van der Waals surface area contributed by atoms with E-state index in [9.17, 15) is 4.79 Å². The fraction of sp³-hybridized carbons (Fsp3) is 0.350. The van der Waals surface area contributed by atoms with E-state index in [4.69, 9.17) is 10.4 Å². The van der Waals surface area contributed by atoms with Gasteiger partial charge in [-0.05, 0) is 66.1 Å². The highest BCUT2D eigenvalue weighted by Gasteiger charge is 2.26. The second-order valence-corrected chi connectivity index (χ2v) is 8.02. The van der Waals surface area contributed by atoms with Crippen LogP contribution < -0.4 is 11.2 Å². The van der Waals surface area contributed by atoms with Crippen LogP contribution in [-0.2, 0) is 6.54 Å². The van der Waals surface area contributed by atoms with Crippen LogP contribution in [0, 0.1) is 0 Å². The number of carbonyl (C=O) groups is 1. The number of amides is 1. The van der Waals surface area contributed by atoms with E-state index in [1.54, 1.807) is 6.92 Å². The lowest BCUT2D eigenvalue weighted by molar-refractivity contribution is 0.0947. The number of hydrazone groups is 1. The minimum Gasteiger partial charge on any atom is -0.378 e. The molecule has 1 fully saturated rings. The summed E-state index contributed by atoms with van der Waals surface area (Å²) in [5, 5.41) is 31.5. The van der Waals surface area contributed by atoms with Gasteiger partial charge < -0.3 is 5.73 Å². The van der Waals surface area contributed by atoms with Gasteiger partial charge in [-0.15, -0.1) is 20.1 Å². The third-order valence-electron chi connectivity index (χ3n) is 5.67. The number of nitrogen functional groups attached to an aromatic ring is 1. The van der Waals surface area contributed by atoms with Crippen molar-refractivity contribution in [3.8, 4) is 11.5 Å². The normalized spacial score (nSPS) is 14.8. The second kappa shape index (κ2) is 9.76. The van der Waals surface area contributed by atoms with Gasteiger partial charge in [-0.2, -0.15) is 9.78 Å². The molecule has 0 bridgehead atoms. The van der Waals surface area contributed by atoms with Crippen molar-refractivity contribution in [2.24, 2.45) is 5.10 Å². The van der Waals surface area contributed by atoms with Gasteiger partial charge >= 0.3 is 0 Å². The number of rotatable bonds is 7. The summed E-state index contributed by atoms with van der Waals surface area (Å²) in [5.41, 5.74) is 11.2. The predicted octanol–water partition coefficient (Wildman–Crippen LogP) is 0.348. The summed E-state index contributed by atoms with van der Waals surface area (Å²) in [6, 6.07) is 7.38. The van der Waals surface area contributed by atoms with Crippen molar-refractivity contribution in [2.45, 2.75) is 32.7 Å². The quantitative estimate of drug-likeness (QED) is 0.276. The summed E-state index contributed by atoms with van der Waals surface area (Å²) in [7, 11) is 0. The Morgan fingerprint density at radius 2 is 2.06 bits per heavy atom. The predicted molar refractivity (Wildman–Crippen MR) is 122 cm³/mol. The van der Waals surface area contributed by atoms with E-state index in [0.29, 0.717) is 23.6 Å². The number of piperidine rings is 1. The lowest BCUT2D eigenvalue weighted by Gasteiger charge is -2.26. The number of nitrogens with two attached hydrogens (primary N) is 1. The van der Waals surface area contributed by atoms with Gasteiger partial charge in [-0.3, -0.25) is 9.69 Å². The molecule has 3 aromatic heterocycles. The van der Waals surface area contributed by atoms with Crippen LogP contribution in [0.3, 0.4) is 0 Å². The van der Waals surface area contributed by atoms with E-state index >= 15 is 0 Å². The number of carbonyl (C=O) groups excluding carboxylic acids is 1. The Kier molecular flexibility index (Phi) is 6.21. The molecule has 0 spiro atoms. The van der Waals surface area contributed by atoms with E-state index < -0.39 is 5.91 Å². The molecule has 0 radical (unpaired) electrons. The van der Waals surface area contributed by atoms with Gasteiger partial charge in [0.1, 0.15) is 0 Å². The molecule has 0 atom stereocenters. The first-order valence-corrected chi connectivity index (χ1v) is 11.0. The van der Waals surface area contributed by atoms with Crippen molar-refractivity contribution in [1.82, 2.24) is 55.8 Å². The first-order valence-electron chi connectivity index (χ1n) is 11.0. The summed E-state index contributed by atoms with van der Waals surface area (Å²) in [6.07, 6.45) is 4.71. The topological polar surface area (TPSA) is 184 Å². The second-order valence-electron chi connectivity index (χ2n) is 8.02. The van der Waals surface area contributed by atoms with Crippen LogP contribution in [0.15, 0.2) is 40.3 Å². The highest BCUT2D eigenvalue weighted by atomic mass is 16.6. The third-order valence-corrected chi connectivity index (χ3v) is 5.67. The lowest BCUT2D eigenvalue weighted by Crippen LogP contribution is -2.31. The van der Waals surface area contributed by atoms with Crippen molar-refractivity contribution < 1.29 is 9.42 Å². The van der Waals surface area contributed by atoms with Crippen molar-refractivity contribution in [2.75, 3.05) is 18.8 Å². The molecular formula is C20H23N13O2. The van der Waals surface area contributed by atoms with Crippen LogP contribution in [-0.4, -0.2) is 75.1 Å². The van der Waals surface area contributed by atoms with Crippen molar-refractivity contribution in [3.05, 3.63) is 47.5 Å². The lowest BCUT2D eigenvalue weighted by atomic mass is 10.1. The molecule has 4 aromatic rings. The van der Waals surface area contributed by atoms with Crippen molar-refractivity contribution >= 4 is 17.4 Å². The van der Waals surface area contributed by atoms with Gasteiger partial charge in [0.05, 0.1) is 17.1 Å². The Balaban J connectivity index is 1.39. The number of nitrogens with zero attached hydrogens (tertiary/aromatic N) is 11. The summed E-state index contributed by atoms with van der Waals surface area (Å²) in [5.74, 6) is -0.272. The molecule has 180 valence electrons. The highest BCUT2D eigenvalue weighted by Crippen LogP contribution is 2.20. The number of hydrogen-bond donors (Lipinski definition) is 2. The Bertz CT molecular complexity index is 1330. The van der Waals surface area contributed by atoms with Crippen LogP contribution in [0.1, 0.15) is 47.9 Å². The maximum Gasteiger partial charge on any atom is 0.293 e. The number of nitrogens with one attached hydrogen (secondary N) is 1. The molecule has 1 aromatic carbocycles. The van der Waals surface area contributed by atoms with E-state index in [0.717, 1.165) is 31.5 Å². The van der Waals surface area contributed by atoms with Crippen LogP contribution in [0.2, 0.25) is 0 Å². The van der Waals surface area contributed by atoms with Gasteiger partial charge in [0.15, 0.2) is 12.0 Å². The molecule has 1 aliphatic rings. The molecule has 15 nitrogen and oxygen atoms in total. The zero-order chi connectivity index (χ0) is 24.2. The number of anilines is 1. The van der Waals surface area contributed by atoms with E-state index in [2.05, 4.69) is 51.5 Å². The summed E-state index contributed by atoms with van der Waals surface area (Å²) >= 11 is 0. The molecule has 35 heavy (non-hydrogen) atoms.